The minimum absolute atomic E-state index is 0.163. The van der Waals surface area contributed by atoms with Gasteiger partial charge in [0.25, 0.3) is 0 Å². The van der Waals surface area contributed by atoms with E-state index in [1.54, 1.807) is 0 Å². The van der Waals surface area contributed by atoms with Crippen LogP contribution in [0.2, 0.25) is 0 Å². The minimum Gasteiger partial charge on any atom is -0.469 e. The predicted molar refractivity (Wildman–Crippen MR) is 51.9 cm³/mol. The first-order chi connectivity index (χ1) is 6.79. The van der Waals surface area contributed by atoms with Crippen LogP contribution in [0, 0.1) is 0 Å². The molecule has 0 bridgehead atoms. The molecule has 0 aliphatic rings. The zero-order valence-electron chi connectivity index (χ0n) is 7.97. The quantitative estimate of drug-likeness (QED) is 0.536. The van der Waals surface area contributed by atoms with E-state index in [1.807, 2.05) is 30.3 Å². The first-order valence-electron chi connectivity index (χ1n) is 4.36. The average Bonchev–Trinajstić information content (AvgIpc) is 2.26. The van der Waals surface area contributed by atoms with Gasteiger partial charge >= 0.3 is 5.97 Å². The Hall–Kier alpha value is -1.64. The molecule has 0 spiro atoms. The normalized spacial score (nSPS) is 11.8. The van der Waals surface area contributed by atoms with Gasteiger partial charge in [-0.15, -0.1) is 0 Å². The van der Waals surface area contributed by atoms with Crippen LogP contribution in [0.3, 0.4) is 0 Å². The Balaban J connectivity index is 2.88. The third kappa shape index (κ3) is 2.42. The van der Waals surface area contributed by atoms with Crippen LogP contribution in [0.4, 0.5) is 0 Å². The van der Waals surface area contributed by atoms with Crippen molar-refractivity contribution in [2.24, 2.45) is 0 Å². The first-order valence-corrected chi connectivity index (χ1v) is 4.36. The summed E-state index contributed by atoms with van der Waals surface area (Å²) < 4.78 is 4.62. The van der Waals surface area contributed by atoms with Crippen LogP contribution < -0.4 is 0 Å². The van der Waals surface area contributed by atoms with Crippen molar-refractivity contribution < 1.29 is 14.3 Å². The average molecular weight is 192 g/mol. The van der Waals surface area contributed by atoms with Gasteiger partial charge in [-0.25, -0.2) is 0 Å². The third-order valence-corrected chi connectivity index (χ3v) is 2.02. The van der Waals surface area contributed by atoms with Crippen molar-refractivity contribution >= 4 is 12.3 Å². The molecule has 1 aromatic carbocycles. The fourth-order valence-electron chi connectivity index (χ4n) is 1.29. The van der Waals surface area contributed by atoms with Crippen LogP contribution in [0.25, 0.3) is 0 Å². The van der Waals surface area contributed by atoms with Gasteiger partial charge in [-0.05, 0) is 5.56 Å². The summed E-state index contributed by atoms with van der Waals surface area (Å²) in [6.45, 7) is 0. The summed E-state index contributed by atoms with van der Waals surface area (Å²) in [5.74, 6) is -0.845. The van der Waals surface area contributed by atoms with Crippen molar-refractivity contribution in [3.05, 3.63) is 35.9 Å². The fraction of sp³-hybridized carbons (Fsp3) is 0.273. The number of carbonyl (C=O) groups excluding carboxylic acids is 2. The summed E-state index contributed by atoms with van der Waals surface area (Å²) >= 11 is 0. The molecule has 3 nitrogen and oxygen atoms in total. The van der Waals surface area contributed by atoms with E-state index in [-0.39, 0.29) is 12.4 Å². The molecule has 0 aliphatic heterocycles. The largest absolute Gasteiger partial charge is 0.469 e. The molecule has 0 N–H and O–H groups in total. The predicted octanol–water partition coefficient (Wildman–Crippen LogP) is 1.53. The second-order valence-corrected chi connectivity index (χ2v) is 2.89. The SMILES string of the molecule is COC(=O)C(CC=O)c1ccccc1. The van der Waals surface area contributed by atoms with Crippen molar-refractivity contribution in [3.63, 3.8) is 0 Å². The number of rotatable bonds is 4. The molecule has 0 amide bonds. The molecule has 0 radical (unpaired) electrons. The molecule has 3 heteroatoms. The lowest BCUT2D eigenvalue weighted by Gasteiger charge is -2.11. The number of hydrogen-bond donors (Lipinski definition) is 0. The maximum Gasteiger partial charge on any atom is 0.313 e. The lowest BCUT2D eigenvalue weighted by atomic mass is 9.97. The van der Waals surface area contributed by atoms with E-state index >= 15 is 0 Å². The van der Waals surface area contributed by atoms with E-state index in [0.29, 0.717) is 0 Å². The molecule has 1 unspecified atom stereocenters. The number of carbonyl (C=O) groups is 2. The summed E-state index contributed by atoms with van der Waals surface area (Å²) in [6.07, 6.45) is 0.894. The Labute approximate surface area is 82.7 Å². The van der Waals surface area contributed by atoms with Crippen molar-refractivity contribution in [2.75, 3.05) is 7.11 Å². The van der Waals surface area contributed by atoms with Gasteiger partial charge in [-0.1, -0.05) is 30.3 Å². The third-order valence-electron chi connectivity index (χ3n) is 2.02. The summed E-state index contributed by atoms with van der Waals surface area (Å²) in [7, 11) is 1.32. The molecule has 0 aliphatic carbocycles. The summed E-state index contributed by atoms with van der Waals surface area (Å²) in [6, 6.07) is 9.14. The van der Waals surface area contributed by atoms with Crippen LogP contribution in [-0.2, 0) is 14.3 Å². The molecule has 0 aromatic heterocycles. The molecule has 1 rings (SSSR count). The number of esters is 1. The first kappa shape index (κ1) is 10.4. The topological polar surface area (TPSA) is 43.4 Å². The molecule has 0 fully saturated rings. The monoisotopic (exact) mass is 192 g/mol. The number of ether oxygens (including phenoxy) is 1. The molecular weight excluding hydrogens is 180 g/mol. The van der Waals surface area contributed by atoms with E-state index in [2.05, 4.69) is 4.74 Å². The molecule has 74 valence electrons. The lowest BCUT2D eigenvalue weighted by molar-refractivity contribution is -0.143. The van der Waals surface area contributed by atoms with Crippen LogP contribution in [0.1, 0.15) is 17.9 Å². The van der Waals surface area contributed by atoms with Crippen molar-refractivity contribution in [1.29, 1.82) is 0 Å². The minimum atomic E-state index is -0.473. The van der Waals surface area contributed by atoms with Crippen molar-refractivity contribution in [1.82, 2.24) is 0 Å². The van der Waals surface area contributed by atoms with Gasteiger partial charge in [0.05, 0.1) is 13.0 Å². The Morgan fingerprint density at radius 3 is 2.57 bits per heavy atom. The molecule has 0 saturated carbocycles. The van der Waals surface area contributed by atoms with Crippen LogP contribution in [0.5, 0.6) is 0 Å². The molecule has 1 aromatic rings. The van der Waals surface area contributed by atoms with Crippen LogP contribution in [-0.4, -0.2) is 19.4 Å². The van der Waals surface area contributed by atoms with Gasteiger partial charge in [-0.2, -0.15) is 0 Å². The number of benzene rings is 1. The highest BCUT2D eigenvalue weighted by Gasteiger charge is 2.20. The van der Waals surface area contributed by atoms with E-state index in [0.717, 1.165) is 11.8 Å². The van der Waals surface area contributed by atoms with Gasteiger partial charge < -0.3 is 9.53 Å². The zero-order valence-corrected chi connectivity index (χ0v) is 7.97. The fourth-order valence-corrected chi connectivity index (χ4v) is 1.29. The molecule has 0 saturated heterocycles. The Kier molecular flexibility index (Phi) is 3.85. The summed E-state index contributed by atoms with van der Waals surface area (Å²) in [5, 5.41) is 0. The number of aldehydes is 1. The molecule has 1 atom stereocenters. The summed E-state index contributed by atoms with van der Waals surface area (Å²) in [5.41, 5.74) is 0.812. The van der Waals surface area contributed by atoms with E-state index in [4.69, 9.17) is 0 Å². The van der Waals surface area contributed by atoms with Crippen LogP contribution in [0.15, 0.2) is 30.3 Å². The molecular formula is C11H12O3. The second kappa shape index (κ2) is 5.17. The highest BCUT2D eigenvalue weighted by molar-refractivity contribution is 5.80. The zero-order chi connectivity index (χ0) is 10.4. The Bertz CT molecular complexity index is 306. The summed E-state index contributed by atoms with van der Waals surface area (Å²) in [4.78, 5) is 21.7. The van der Waals surface area contributed by atoms with Gasteiger partial charge in [-0.3, -0.25) is 4.79 Å². The Morgan fingerprint density at radius 2 is 2.07 bits per heavy atom. The van der Waals surface area contributed by atoms with Crippen LogP contribution >= 0.6 is 0 Å². The van der Waals surface area contributed by atoms with Gasteiger partial charge in [0.15, 0.2) is 0 Å². The van der Waals surface area contributed by atoms with Gasteiger partial charge in [0.2, 0.25) is 0 Å². The van der Waals surface area contributed by atoms with E-state index in [9.17, 15) is 9.59 Å². The highest BCUT2D eigenvalue weighted by atomic mass is 16.5. The maximum absolute atomic E-state index is 11.3. The maximum atomic E-state index is 11.3. The van der Waals surface area contributed by atoms with Crippen molar-refractivity contribution in [2.45, 2.75) is 12.3 Å². The molecule has 0 heterocycles. The van der Waals surface area contributed by atoms with E-state index < -0.39 is 5.92 Å². The number of methoxy groups -OCH3 is 1. The van der Waals surface area contributed by atoms with E-state index in [1.165, 1.54) is 7.11 Å². The van der Waals surface area contributed by atoms with Gasteiger partial charge in [0, 0.05) is 6.42 Å². The lowest BCUT2D eigenvalue weighted by Crippen LogP contribution is -2.14. The second-order valence-electron chi connectivity index (χ2n) is 2.89. The Morgan fingerprint density at radius 1 is 1.43 bits per heavy atom. The molecule has 14 heavy (non-hydrogen) atoms. The van der Waals surface area contributed by atoms with Gasteiger partial charge in [0.1, 0.15) is 6.29 Å². The highest BCUT2D eigenvalue weighted by Crippen LogP contribution is 2.19. The number of hydrogen-bond acceptors (Lipinski definition) is 3. The van der Waals surface area contributed by atoms with Crippen molar-refractivity contribution in [3.8, 4) is 0 Å². The smallest absolute Gasteiger partial charge is 0.313 e. The standard InChI is InChI=1S/C11H12O3/c1-14-11(13)10(7-8-12)9-5-3-2-4-6-9/h2-6,8,10H,7H2,1H3.